The molecule has 0 spiro atoms. The quantitative estimate of drug-likeness (QED) is 0.244. The first-order chi connectivity index (χ1) is 4.91. The molecule has 0 heterocycles. The third kappa shape index (κ3) is 7.44. The van der Waals surface area contributed by atoms with Gasteiger partial charge in [0, 0.05) is 10.2 Å². The second-order valence-electron chi connectivity index (χ2n) is 2.17. The van der Waals surface area contributed by atoms with Crippen molar-refractivity contribution in [3.8, 4) is 0 Å². The molecule has 0 aliphatic carbocycles. The molecular formula is C9H16Si. The Balaban J connectivity index is 3.09. The summed E-state index contributed by atoms with van der Waals surface area (Å²) in [7, 11) is 1.16. The number of unbranched alkanes of at least 4 members (excludes halogenated alkanes) is 2. The van der Waals surface area contributed by atoms with Gasteiger partial charge in [0.1, 0.15) is 0 Å². The van der Waals surface area contributed by atoms with E-state index < -0.39 is 0 Å². The van der Waals surface area contributed by atoms with Crippen LogP contribution in [0.1, 0.15) is 19.3 Å². The van der Waals surface area contributed by atoms with Crippen molar-refractivity contribution in [3.63, 3.8) is 0 Å². The van der Waals surface area contributed by atoms with Crippen molar-refractivity contribution in [2.45, 2.75) is 19.3 Å². The first-order valence-corrected chi connectivity index (χ1v) is 4.96. The molecule has 0 rings (SSSR count). The second kappa shape index (κ2) is 8.44. The van der Waals surface area contributed by atoms with Crippen LogP contribution in [0.2, 0.25) is 0 Å². The first-order valence-electron chi connectivity index (χ1n) is 3.80. The maximum atomic E-state index is 3.66. The summed E-state index contributed by atoms with van der Waals surface area (Å²) in [6.45, 7) is 3.66. The van der Waals surface area contributed by atoms with Crippen molar-refractivity contribution in [2.24, 2.45) is 0 Å². The molecule has 0 N–H and O–H groups in total. The Hall–Kier alpha value is -0.563. The van der Waals surface area contributed by atoms with Crippen molar-refractivity contribution in [2.75, 3.05) is 0 Å². The lowest BCUT2D eigenvalue weighted by atomic mass is 10.2. The van der Waals surface area contributed by atoms with Crippen LogP contribution in [0, 0.1) is 0 Å². The number of rotatable bonds is 5. The molecule has 0 aromatic rings. The summed E-state index contributed by atoms with van der Waals surface area (Å²) in [6, 6.07) is 0. The molecule has 0 saturated carbocycles. The highest BCUT2D eigenvalue weighted by Crippen LogP contribution is 1.96. The van der Waals surface area contributed by atoms with Crippen LogP contribution in [0.4, 0.5) is 0 Å². The van der Waals surface area contributed by atoms with Gasteiger partial charge in [-0.2, -0.15) is 0 Å². The van der Waals surface area contributed by atoms with Crippen molar-refractivity contribution in [3.05, 3.63) is 36.6 Å². The molecule has 0 fully saturated rings. The maximum absolute atomic E-state index is 3.66. The molecule has 0 aliphatic rings. The van der Waals surface area contributed by atoms with Gasteiger partial charge in [-0.05, 0) is 19.3 Å². The van der Waals surface area contributed by atoms with Crippen molar-refractivity contribution in [1.29, 1.82) is 0 Å². The Morgan fingerprint density at radius 2 is 2.00 bits per heavy atom. The number of hydrogen-bond donors (Lipinski definition) is 0. The summed E-state index contributed by atoms with van der Waals surface area (Å²) in [4.78, 5) is 0. The topological polar surface area (TPSA) is 0 Å². The van der Waals surface area contributed by atoms with E-state index in [1.54, 1.807) is 0 Å². The van der Waals surface area contributed by atoms with Gasteiger partial charge in [0.05, 0.1) is 0 Å². The minimum absolute atomic E-state index is 1.13. The van der Waals surface area contributed by atoms with E-state index in [2.05, 4.69) is 30.5 Å². The summed E-state index contributed by atoms with van der Waals surface area (Å²) >= 11 is 0. The second-order valence-corrected chi connectivity index (χ2v) is 2.84. The predicted molar refractivity (Wildman–Crippen MR) is 52.3 cm³/mol. The lowest BCUT2D eigenvalue weighted by Crippen LogP contribution is -1.66. The van der Waals surface area contributed by atoms with Gasteiger partial charge in [0.25, 0.3) is 0 Å². The average Bonchev–Trinajstić information content (AvgIpc) is 1.97. The lowest BCUT2D eigenvalue weighted by Gasteiger charge is -1.86. The zero-order chi connectivity index (χ0) is 7.66. The number of hydrogen-bond acceptors (Lipinski definition) is 0. The van der Waals surface area contributed by atoms with Crippen molar-refractivity contribution >= 4 is 10.2 Å². The average molecular weight is 152 g/mol. The molecule has 0 unspecified atom stereocenters. The smallest absolute Gasteiger partial charge is 0.0291 e. The van der Waals surface area contributed by atoms with E-state index in [1.807, 2.05) is 6.08 Å². The zero-order valence-corrected chi connectivity index (χ0v) is 8.72. The summed E-state index contributed by atoms with van der Waals surface area (Å²) in [6.07, 6.45) is 12.0. The fourth-order valence-corrected chi connectivity index (χ4v) is 0.888. The number of allylic oxidation sites excluding steroid dienone is 4. The van der Waals surface area contributed by atoms with Gasteiger partial charge in [0.15, 0.2) is 0 Å². The van der Waals surface area contributed by atoms with Crippen LogP contribution in [0.3, 0.4) is 0 Å². The monoisotopic (exact) mass is 152 g/mol. The molecular weight excluding hydrogens is 136 g/mol. The molecule has 0 aromatic carbocycles. The Morgan fingerprint density at radius 1 is 1.20 bits per heavy atom. The third-order valence-corrected chi connectivity index (χ3v) is 1.60. The van der Waals surface area contributed by atoms with Crippen LogP contribution in [0.5, 0.6) is 0 Å². The zero-order valence-electron chi connectivity index (χ0n) is 6.72. The molecule has 0 bridgehead atoms. The summed E-state index contributed by atoms with van der Waals surface area (Å²) in [5, 5.41) is 0. The Morgan fingerprint density at radius 3 is 2.60 bits per heavy atom. The molecule has 0 atom stereocenters. The van der Waals surface area contributed by atoms with Crippen molar-refractivity contribution in [1.82, 2.24) is 0 Å². The maximum Gasteiger partial charge on any atom is 0.0291 e. The van der Waals surface area contributed by atoms with Crippen LogP contribution >= 0.6 is 0 Å². The fourth-order valence-electron chi connectivity index (χ4n) is 0.666. The first kappa shape index (κ1) is 9.44. The van der Waals surface area contributed by atoms with Gasteiger partial charge in [-0.15, -0.1) is 12.3 Å². The van der Waals surface area contributed by atoms with E-state index in [9.17, 15) is 0 Å². The van der Waals surface area contributed by atoms with Crippen LogP contribution < -0.4 is 0 Å². The molecule has 10 heavy (non-hydrogen) atoms. The molecule has 0 nitrogen and oxygen atoms in total. The Bertz CT molecular complexity index is 123. The van der Waals surface area contributed by atoms with Crippen LogP contribution in [0.25, 0.3) is 0 Å². The van der Waals surface area contributed by atoms with Gasteiger partial charge < -0.3 is 0 Å². The van der Waals surface area contributed by atoms with E-state index >= 15 is 0 Å². The Labute approximate surface area is 66.8 Å². The van der Waals surface area contributed by atoms with E-state index in [-0.39, 0.29) is 0 Å². The summed E-state index contributed by atoms with van der Waals surface area (Å²) in [5.74, 6) is 0. The highest BCUT2D eigenvalue weighted by Gasteiger charge is 1.76. The highest BCUT2D eigenvalue weighted by molar-refractivity contribution is 6.17. The molecule has 0 amide bonds. The van der Waals surface area contributed by atoms with Crippen LogP contribution in [-0.2, 0) is 0 Å². The van der Waals surface area contributed by atoms with Crippen molar-refractivity contribution < 1.29 is 0 Å². The van der Waals surface area contributed by atoms with Gasteiger partial charge in [-0.1, -0.05) is 24.3 Å². The molecule has 0 saturated heterocycles. The molecule has 0 aromatic heterocycles. The molecule has 56 valence electrons. The van der Waals surface area contributed by atoms with Gasteiger partial charge >= 0.3 is 0 Å². The van der Waals surface area contributed by atoms with E-state index in [1.165, 1.54) is 12.8 Å². The molecule has 0 aliphatic heterocycles. The van der Waals surface area contributed by atoms with Crippen LogP contribution in [-0.4, -0.2) is 10.2 Å². The molecule has 1 heteroatoms. The molecule has 0 radical (unpaired) electrons. The third-order valence-electron chi connectivity index (χ3n) is 1.22. The largest absolute Gasteiger partial charge is 0.105 e. The van der Waals surface area contributed by atoms with E-state index in [4.69, 9.17) is 0 Å². The SMILES string of the molecule is C=CCCCC=CC=C[SiH3]. The Kier molecular flexibility index (Phi) is 7.96. The van der Waals surface area contributed by atoms with Gasteiger partial charge in [-0.25, -0.2) is 0 Å². The highest BCUT2D eigenvalue weighted by atomic mass is 28.1. The van der Waals surface area contributed by atoms with Crippen LogP contribution in [0.15, 0.2) is 36.6 Å². The minimum Gasteiger partial charge on any atom is -0.105 e. The van der Waals surface area contributed by atoms with Gasteiger partial charge in [0.2, 0.25) is 0 Å². The van der Waals surface area contributed by atoms with E-state index in [0.29, 0.717) is 0 Å². The minimum atomic E-state index is 1.13. The van der Waals surface area contributed by atoms with E-state index in [0.717, 1.165) is 16.7 Å². The lowest BCUT2D eigenvalue weighted by molar-refractivity contribution is 0.870. The summed E-state index contributed by atoms with van der Waals surface area (Å²) < 4.78 is 0. The van der Waals surface area contributed by atoms with Gasteiger partial charge in [-0.3, -0.25) is 0 Å². The fraction of sp³-hybridized carbons (Fsp3) is 0.333. The normalized spacial score (nSPS) is 11.6. The predicted octanol–water partition coefficient (Wildman–Crippen LogP) is 1.78. The standard InChI is InChI=1S/C9H16Si/c1-2-3-4-5-6-7-8-9-10/h2,6-9H,1,3-5H2,10H3. The summed E-state index contributed by atoms with van der Waals surface area (Å²) in [5.41, 5.74) is 2.17.